The molecule has 182 valence electrons. The van der Waals surface area contributed by atoms with Gasteiger partial charge in [-0.25, -0.2) is 0 Å². The molecule has 7 heteroatoms. The fraction of sp³-hybridized carbons (Fsp3) is 0.321. The number of carbonyl (C=O) groups is 1. The highest BCUT2D eigenvalue weighted by molar-refractivity contribution is 6.04. The van der Waals surface area contributed by atoms with E-state index < -0.39 is 17.6 Å². The summed E-state index contributed by atoms with van der Waals surface area (Å²) in [5.41, 5.74) is 2.23. The van der Waals surface area contributed by atoms with Gasteiger partial charge in [0.15, 0.2) is 0 Å². The normalized spacial score (nSPS) is 24.1. The van der Waals surface area contributed by atoms with E-state index in [9.17, 15) is 18.0 Å². The third kappa shape index (κ3) is 5.74. The van der Waals surface area contributed by atoms with Gasteiger partial charge < -0.3 is 16.0 Å². The molecule has 1 saturated carbocycles. The summed E-state index contributed by atoms with van der Waals surface area (Å²) in [7, 11) is 0. The van der Waals surface area contributed by atoms with Crippen LogP contribution >= 0.6 is 0 Å². The lowest BCUT2D eigenvalue weighted by Crippen LogP contribution is -2.43. The first-order valence-electron chi connectivity index (χ1n) is 12.0. The third-order valence-electron chi connectivity index (χ3n) is 6.89. The quantitative estimate of drug-likeness (QED) is 0.413. The van der Waals surface area contributed by atoms with Crippen molar-refractivity contribution in [3.63, 3.8) is 0 Å². The molecule has 3 aromatic rings. The minimum absolute atomic E-state index is 0.0221. The molecule has 3 aromatic carbocycles. The second-order valence-corrected chi connectivity index (χ2v) is 9.41. The maximum atomic E-state index is 12.9. The fourth-order valence-electron chi connectivity index (χ4n) is 4.91. The highest BCUT2D eigenvalue weighted by Gasteiger charge is 2.40. The first kappa shape index (κ1) is 23.6. The lowest BCUT2D eigenvalue weighted by molar-refractivity contribution is -0.137. The number of carbonyl (C=O) groups excluding carboxylic acids is 1. The molecule has 0 spiro atoms. The summed E-state index contributed by atoms with van der Waals surface area (Å²) in [6.45, 7) is 0.995. The van der Waals surface area contributed by atoms with Crippen LogP contribution in [0.15, 0.2) is 78.9 Å². The molecule has 2 unspecified atom stereocenters. The summed E-state index contributed by atoms with van der Waals surface area (Å²) < 4.78 is 38.8. The minimum atomic E-state index is -4.48. The Morgan fingerprint density at radius 1 is 0.886 bits per heavy atom. The fourth-order valence-corrected chi connectivity index (χ4v) is 4.91. The third-order valence-corrected chi connectivity index (χ3v) is 6.89. The number of rotatable bonds is 6. The van der Waals surface area contributed by atoms with Gasteiger partial charge in [-0.3, -0.25) is 4.79 Å². The summed E-state index contributed by atoms with van der Waals surface area (Å²) in [6.07, 6.45) is -1.24. The SMILES string of the molecule is O=C(Nc1ccc(C2CC2N[C@H]2CCN[C@H](c3ccccc3)C2)cc1)c1cccc(C(F)(F)F)c1. The van der Waals surface area contributed by atoms with Gasteiger partial charge in [0, 0.05) is 35.3 Å². The first-order valence-corrected chi connectivity index (χ1v) is 12.0. The number of hydrogen-bond acceptors (Lipinski definition) is 3. The lowest BCUT2D eigenvalue weighted by atomic mass is 9.93. The van der Waals surface area contributed by atoms with Crippen LogP contribution in [0.4, 0.5) is 18.9 Å². The molecule has 3 N–H and O–H groups in total. The van der Waals surface area contributed by atoms with Crippen molar-refractivity contribution in [1.82, 2.24) is 10.6 Å². The largest absolute Gasteiger partial charge is 0.416 e. The summed E-state index contributed by atoms with van der Waals surface area (Å²) in [5.74, 6) is -0.123. The Labute approximate surface area is 202 Å². The Kier molecular flexibility index (Phi) is 6.62. The van der Waals surface area contributed by atoms with Gasteiger partial charge in [-0.1, -0.05) is 48.5 Å². The van der Waals surface area contributed by atoms with Crippen LogP contribution in [0.2, 0.25) is 0 Å². The molecule has 4 nitrogen and oxygen atoms in total. The number of benzene rings is 3. The van der Waals surface area contributed by atoms with E-state index in [-0.39, 0.29) is 5.56 Å². The predicted molar refractivity (Wildman–Crippen MR) is 130 cm³/mol. The number of nitrogens with one attached hydrogen (secondary N) is 3. The second-order valence-electron chi connectivity index (χ2n) is 9.41. The van der Waals surface area contributed by atoms with Crippen molar-refractivity contribution in [3.8, 4) is 0 Å². The number of halogens is 3. The van der Waals surface area contributed by atoms with Crippen molar-refractivity contribution in [3.05, 3.63) is 101 Å². The van der Waals surface area contributed by atoms with E-state index in [1.807, 2.05) is 30.3 Å². The highest BCUT2D eigenvalue weighted by Crippen LogP contribution is 2.42. The van der Waals surface area contributed by atoms with Crippen LogP contribution in [0.3, 0.4) is 0 Å². The van der Waals surface area contributed by atoms with Crippen molar-refractivity contribution < 1.29 is 18.0 Å². The number of amides is 1. The average molecular weight is 480 g/mol. The van der Waals surface area contributed by atoms with Crippen molar-refractivity contribution in [1.29, 1.82) is 0 Å². The van der Waals surface area contributed by atoms with Crippen LogP contribution < -0.4 is 16.0 Å². The van der Waals surface area contributed by atoms with Gasteiger partial charge in [-0.2, -0.15) is 13.2 Å². The Morgan fingerprint density at radius 3 is 2.40 bits per heavy atom. The minimum Gasteiger partial charge on any atom is -0.322 e. The number of anilines is 1. The molecule has 1 saturated heterocycles. The molecule has 1 amide bonds. The molecule has 0 radical (unpaired) electrons. The lowest BCUT2D eigenvalue weighted by Gasteiger charge is -2.31. The van der Waals surface area contributed by atoms with Gasteiger partial charge in [0.1, 0.15) is 0 Å². The molecular formula is C28H28F3N3O. The predicted octanol–water partition coefficient (Wildman–Crippen LogP) is 5.90. The van der Waals surface area contributed by atoms with Crippen LogP contribution in [0.5, 0.6) is 0 Å². The summed E-state index contributed by atoms with van der Waals surface area (Å²) in [4.78, 5) is 12.4. The average Bonchev–Trinajstić information content (AvgIpc) is 3.63. The number of hydrogen-bond donors (Lipinski definition) is 3. The molecular weight excluding hydrogens is 451 g/mol. The zero-order valence-electron chi connectivity index (χ0n) is 19.2. The summed E-state index contributed by atoms with van der Waals surface area (Å²) >= 11 is 0. The van der Waals surface area contributed by atoms with Gasteiger partial charge in [-0.05, 0) is 67.3 Å². The van der Waals surface area contributed by atoms with E-state index in [1.54, 1.807) is 0 Å². The molecule has 1 heterocycles. The van der Waals surface area contributed by atoms with Crippen LogP contribution in [-0.4, -0.2) is 24.5 Å². The van der Waals surface area contributed by atoms with Gasteiger partial charge >= 0.3 is 6.18 Å². The molecule has 2 fully saturated rings. The Hall–Kier alpha value is -3.16. The highest BCUT2D eigenvalue weighted by atomic mass is 19.4. The van der Waals surface area contributed by atoms with Gasteiger partial charge in [0.2, 0.25) is 0 Å². The zero-order valence-corrected chi connectivity index (χ0v) is 19.2. The van der Waals surface area contributed by atoms with Crippen LogP contribution in [-0.2, 0) is 6.18 Å². The van der Waals surface area contributed by atoms with E-state index in [1.165, 1.54) is 23.3 Å². The van der Waals surface area contributed by atoms with Crippen LogP contribution in [0.25, 0.3) is 0 Å². The van der Waals surface area contributed by atoms with E-state index in [0.29, 0.717) is 29.7 Å². The van der Waals surface area contributed by atoms with Crippen molar-refractivity contribution in [2.75, 3.05) is 11.9 Å². The second kappa shape index (κ2) is 9.84. The number of alkyl halides is 3. The van der Waals surface area contributed by atoms with Crippen LogP contribution in [0.1, 0.15) is 58.3 Å². The monoisotopic (exact) mass is 479 g/mol. The van der Waals surface area contributed by atoms with E-state index in [0.717, 1.165) is 37.9 Å². The summed E-state index contributed by atoms with van der Waals surface area (Å²) in [5, 5.41) is 10.1. The molecule has 5 rings (SSSR count). The molecule has 35 heavy (non-hydrogen) atoms. The maximum absolute atomic E-state index is 12.9. The van der Waals surface area contributed by atoms with Crippen LogP contribution in [0, 0.1) is 0 Å². The molecule has 2 aliphatic rings. The topological polar surface area (TPSA) is 53.2 Å². The van der Waals surface area contributed by atoms with Gasteiger partial charge in [0.25, 0.3) is 5.91 Å². The molecule has 1 aliphatic heterocycles. The van der Waals surface area contributed by atoms with E-state index >= 15 is 0 Å². The molecule has 4 atom stereocenters. The van der Waals surface area contributed by atoms with Gasteiger partial charge in [-0.15, -0.1) is 0 Å². The van der Waals surface area contributed by atoms with Crippen molar-refractivity contribution >= 4 is 11.6 Å². The smallest absolute Gasteiger partial charge is 0.322 e. The summed E-state index contributed by atoms with van der Waals surface area (Å²) in [6, 6.07) is 23.9. The van der Waals surface area contributed by atoms with Crippen molar-refractivity contribution in [2.24, 2.45) is 0 Å². The van der Waals surface area contributed by atoms with Crippen molar-refractivity contribution in [2.45, 2.75) is 49.5 Å². The zero-order chi connectivity index (χ0) is 24.4. The molecule has 0 bridgehead atoms. The maximum Gasteiger partial charge on any atom is 0.416 e. The van der Waals surface area contributed by atoms with E-state index in [2.05, 4.69) is 40.2 Å². The molecule has 1 aliphatic carbocycles. The Bertz CT molecular complexity index is 1160. The Morgan fingerprint density at radius 2 is 1.66 bits per heavy atom. The standard InChI is InChI=1S/C28H28F3N3O/c29-28(30,31)21-8-4-7-20(15-21)27(35)34-22-11-9-18(10-12-22)24-17-26(24)33-23-13-14-32-25(16-23)19-5-2-1-3-6-19/h1-12,15,23-26,32-33H,13-14,16-17H2,(H,34,35)/t23-,24?,25-,26?/m0/s1. The first-order chi connectivity index (χ1) is 16.9. The number of piperidine rings is 1. The Balaban J connectivity index is 1.14. The van der Waals surface area contributed by atoms with E-state index in [4.69, 9.17) is 0 Å². The van der Waals surface area contributed by atoms with Gasteiger partial charge in [0.05, 0.1) is 5.56 Å². The molecule has 0 aromatic heterocycles.